The second-order valence-corrected chi connectivity index (χ2v) is 16.5. The quantitative estimate of drug-likeness (QED) is 0.0286. The summed E-state index contributed by atoms with van der Waals surface area (Å²) in [5.74, 6) is 11.6. The molecule has 0 unspecified atom stereocenters. The number of hydrogen-bond acceptors (Lipinski definition) is 7. The molecule has 0 aromatic rings. The van der Waals surface area contributed by atoms with Crippen LogP contribution in [-0.2, 0) is 28.7 Å². The number of ether oxygens (including phenoxy) is 2. The van der Waals surface area contributed by atoms with Crippen molar-refractivity contribution in [2.75, 3.05) is 46.9 Å². The van der Waals surface area contributed by atoms with Gasteiger partial charge in [-0.3, -0.25) is 19.2 Å². The van der Waals surface area contributed by atoms with Crippen LogP contribution in [0.25, 0.3) is 0 Å². The molecule has 0 aliphatic heterocycles. The van der Waals surface area contributed by atoms with Gasteiger partial charge in [0.25, 0.3) is 0 Å². The number of allylic oxidation sites excluding steroid dienone is 2. The lowest BCUT2D eigenvalue weighted by molar-refractivity contribution is -0.151. The summed E-state index contributed by atoms with van der Waals surface area (Å²) in [7, 11) is 4.00. The lowest BCUT2D eigenvalue weighted by atomic mass is 9.83. The molecular weight excluding hydrogens is 751 g/mol. The first-order valence-electron chi connectivity index (χ1n) is 24.3. The van der Waals surface area contributed by atoms with Crippen molar-refractivity contribution in [3.63, 3.8) is 0 Å². The number of unbranched alkanes of at least 4 members (excludes halogenated alkanes) is 14. The van der Waals surface area contributed by atoms with Crippen molar-refractivity contribution < 1.29 is 28.7 Å². The Morgan fingerprint density at radius 1 is 0.533 bits per heavy atom. The maximum atomic E-state index is 14.6. The van der Waals surface area contributed by atoms with Crippen LogP contribution in [-0.4, -0.2) is 86.0 Å². The zero-order valence-electron chi connectivity index (χ0n) is 39.5. The molecule has 1 N–H and O–H groups in total. The average Bonchev–Trinajstić information content (AvgIpc) is 3.22. The largest absolute Gasteiger partial charge is 0.465 e. The molecule has 0 aromatic carbocycles. The van der Waals surface area contributed by atoms with Gasteiger partial charge in [-0.25, -0.2) is 0 Å². The van der Waals surface area contributed by atoms with Crippen molar-refractivity contribution in [2.24, 2.45) is 0 Å². The van der Waals surface area contributed by atoms with Gasteiger partial charge < -0.3 is 24.6 Å². The zero-order valence-corrected chi connectivity index (χ0v) is 39.5. The number of hydrogen-bond donors (Lipinski definition) is 1. The van der Waals surface area contributed by atoms with E-state index in [0.717, 1.165) is 57.9 Å². The molecule has 0 heterocycles. The van der Waals surface area contributed by atoms with Gasteiger partial charge >= 0.3 is 11.9 Å². The first kappa shape index (κ1) is 56.7. The number of carbonyl (C=O) groups is 4. The molecule has 60 heavy (non-hydrogen) atoms. The molecule has 9 heteroatoms. The fraction of sp³-hybridized carbons (Fsp3) is 0.804. The summed E-state index contributed by atoms with van der Waals surface area (Å²) in [4.78, 5) is 58.8. The van der Waals surface area contributed by atoms with E-state index in [9.17, 15) is 19.2 Å². The Hall–Kier alpha value is -3.30. The number of esters is 2. The van der Waals surface area contributed by atoms with Crippen molar-refractivity contribution in [1.82, 2.24) is 15.1 Å². The van der Waals surface area contributed by atoms with E-state index in [4.69, 9.17) is 9.47 Å². The summed E-state index contributed by atoms with van der Waals surface area (Å²) in [5, 5.41) is 3.16. The molecule has 0 aliphatic carbocycles. The SMILES string of the molecule is CCCCCCC#CCCOC(=O)CCCC(CCCC(=O)OCCC#CCCCCCC)(C(=O)NCCCC)N(CCCN(C)C)C(=O)CCC/C=C\CCCCCC. The number of amides is 2. The molecule has 0 aliphatic rings. The third-order valence-corrected chi connectivity index (χ3v) is 10.7. The molecule has 9 nitrogen and oxygen atoms in total. The van der Waals surface area contributed by atoms with E-state index in [1.807, 2.05) is 14.1 Å². The minimum absolute atomic E-state index is 0.0672. The van der Waals surface area contributed by atoms with E-state index in [2.05, 4.69) is 73.7 Å². The van der Waals surface area contributed by atoms with Gasteiger partial charge in [0.1, 0.15) is 18.8 Å². The van der Waals surface area contributed by atoms with Crippen LogP contribution in [0.2, 0.25) is 0 Å². The van der Waals surface area contributed by atoms with E-state index in [1.54, 1.807) is 4.90 Å². The van der Waals surface area contributed by atoms with Crippen LogP contribution < -0.4 is 5.32 Å². The van der Waals surface area contributed by atoms with Gasteiger partial charge in [-0.05, 0) is 97.7 Å². The molecule has 0 saturated heterocycles. The van der Waals surface area contributed by atoms with Crippen LogP contribution in [0.5, 0.6) is 0 Å². The summed E-state index contributed by atoms with van der Waals surface area (Å²) in [5.41, 5.74) is -1.24. The molecule has 0 saturated carbocycles. The maximum Gasteiger partial charge on any atom is 0.305 e. The first-order chi connectivity index (χ1) is 29.2. The van der Waals surface area contributed by atoms with Gasteiger partial charge in [-0.1, -0.05) is 116 Å². The smallest absolute Gasteiger partial charge is 0.305 e. The van der Waals surface area contributed by atoms with Crippen molar-refractivity contribution >= 4 is 23.8 Å². The van der Waals surface area contributed by atoms with Crippen LogP contribution in [0.3, 0.4) is 0 Å². The monoisotopic (exact) mass is 840 g/mol. The molecule has 0 fully saturated rings. The molecular formula is C51H89N3O6. The van der Waals surface area contributed by atoms with Crippen molar-refractivity contribution in [3.05, 3.63) is 12.2 Å². The topological polar surface area (TPSA) is 105 Å². The fourth-order valence-corrected chi connectivity index (χ4v) is 7.10. The normalized spacial score (nSPS) is 11.2. The zero-order chi connectivity index (χ0) is 44.4. The Kier molecular flexibility index (Phi) is 38.8. The van der Waals surface area contributed by atoms with Gasteiger partial charge in [0.05, 0.1) is 0 Å². The third kappa shape index (κ3) is 31.6. The van der Waals surface area contributed by atoms with Crippen LogP contribution >= 0.6 is 0 Å². The summed E-state index contributed by atoms with van der Waals surface area (Å²) >= 11 is 0. The van der Waals surface area contributed by atoms with Gasteiger partial charge in [0, 0.05) is 58.0 Å². The molecule has 0 bridgehead atoms. The van der Waals surface area contributed by atoms with Crippen molar-refractivity contribution in [2.45, 2.75) is 219 Å². The molecule has 0 radical (unpaired) electrons. The van der Waals surface area contributed by atoms with Gasteiger partial charge in [0.2, 0.25) is 11.8 Å². The predicted octanol–water partition coefficient (Wildman–Crippen LogP) is 11.3. The van der Waals surface area contributed by atoms with Gasteiger partial charge in [-0.2, -0.15) is 0 Å². The molecule has 344 valence electrons. The highest BCUT2D eigenvalue weighted by Crippen LogP contribution is 2.32. The number of nitrogens with zero attached hydrogens (tertiary/aromatic N) is 2. The lowest BCUT2D eigenvalue weighted by Gasteiger charge is -2.43. The van der Waals surface area contributed by atoms with E-state index in [1.165, 1.54) is 64.2 Å². The van der Waals surface area contributed by atoms with E-state index in [-0.39, 0.29) is 62.7 Å². The van der Waals surface area contributed by atoms with Gasteiger partial charge in [-0.15, -0.1) is 11.8 Å². The fourth-order valence-electron chi connectivity index (χ4n) is 7.10. The summed E-state index contributed by atoms with van der Waals surface area (Å²) in [6.45, 7) is 10.8. The molecule has 2 amide bonds. The average molecular weight is 840 g/mol. The Morgan fingerprint density at radius 2 is 1.02 bits per heavy atom. The standard InChI is InChI=1S/C51H89N3O6/c1-7-11-15-18-21-24-25-28-31-37-47(55)54(44-36-43-53(5)6)51(50(58)52-42-14-10-4,40-34-38-48(56)59-45-32-29-26-22-19-16-12-8-2)41-35-39-49(57)60-46-33-30-27-23-20-17-13-9-3/h24-25H,7-23,28,31-46H2,1-6H3,(H,52,58)/b25-24-. The second kappa shape index (κ2) is 41.1. The first-order valence-corrected chi connectivity index (χ1v) is 24.3. The summed E-state index contributed by atoms with van der Waals surface area (Å²) < 4.78 is 11.1. The van der Waals surface area contributed by atoms with Crippen molar-refractivity contribution in [3.8, 4) is 23.7 Å². The molecule has 0 atom stereocenters. The van der Waals surface area contributed by atoms with Crippen LogP contribution in [0, 0.1) is 23.7 Å². The number of rotatable bonds is 38. The Balaban J connectivity index is 6.11. The Morgan fingerprint density at radius 3 is 1.52 bits per heavy atom. The number of carbonyl (C=O) groups excluding carboxylic acids is 4. The Bertz CT molecular complexity index is 1200. The predicted molar refractivity (Wildman–Crippen MR) is 249 cm³/mol. The lowest BCUT2D eigenvalue weighted by Crippen LogP contribution is -2.61. The van der Waals surface area contributed by atoms with Crippen molar-refractivity contribution in [1.29, 1.82) is 0 Å². The summed E-state index contributed by atoms with van der Waals surface area (Å²) in [6.07, 6.45) is 28.2. The molecule has 0 spiro atoms. The highest BCUT2D eigenvalue weighted by atomic mass is 16.5. The second-order valence-electron chi connectivity index (χ2n) is 16.5. The minimum Gasteiger partial charge on any atom is -0.465 e. The Labute approximate surface area is 368 Å². The molecule has 0 aromatic heterocycles. The van der Waals surface area contributed by atoms with Crippen LogP contribution in [0.1, 0.15) is 214 Å². The third-order valence-electron chi connectivity index (χ3n) is 10.7. The highest BCUT2D eigenvalue weighted by molar-refractivity contribution is 5.91. The maximum absolute atomic E-state index is 14.6. The highest BCUT2D eigenvalue weighted by Gasteiger charge is 2.45. The van der Waals surface area contributed by atoms with Crippen LogP contribution in [0.4, 0.5) is 0 Å². The summed E-state index contributed by atoms with van der Waals surface area (Å²) in [6, 6.07) is 0. The minimum atomic E-state index is -1.24. The van der Waals surface area contributed by atoms with E-state index in [0.29, 0.717) is 58.0 Å². The van der Waals surface area contributed by atoms with E-state index < -0.39 is 5.54 Å². The van der Waals surface area contributed by atoms with Gasteiger partial charge in [0.15, 0.2) is 0 Å². The molecule has 0 rings (SSSR count). The van der Waals surface area contributed by atoms with Crippen LogP contribution in [0.15, 0.2) is 12.2 Å². The van der Waals surface area contributed by atoms with E-state index >= 15 is 0 Å². The number of nitrogens with one attached hydrogen (secondary N) is 1.